The molecule has 1 aromatic rings. The largest absolute Gasteiger partial charge is 0.383 e. The highest BCUT2D eigenvalue weighted by Gasteiger charge is 2.15. The van der Waals surface area contributed by atoms with E-state index in [9.17, 15) is 0 Å². The second kappa shape index (κ2) is 5.42. The maximum absolute atomic E-state index is 5.76. The highest BCUT2D eigenvalue weighted by atomic mass is 79.9. The molecule has 0 aliphatic carbocycles. The number of hydrogen-bond donors (Lipinski definition) is 1. The number of halogens is 1. The van der Waals surface area contributed by atoms with Gasteiger partial charge in [-0.25, -0.2) is 9.97 Å². The molecule has 5 heteroatoms. The highest BCUT2D eigenvalue weighted by molar-refractivity contribution is 9.10. The summed E-state index contributed by atoms with van der Waals surface area (Å²) in [5, 5.41) is 0. The van der Waals surface area contributed by atoms with Gasteiger partial charge in [0.15, 0.2) is 5.82 Å². The number of nitrogens with zero attached hydrogens (tertiary/aromatic N) is 2. The third-order valence-corrected chi connectivity index (χ3v) is 3.07. The van der Waals surface area contributed by atoms with E-state index in [2.05, 4.69) is 25.9 Å². The van der Waals surface area contributed by atoms with E-state index in [0.717, 1.165) is 16.6 Å². The van der Waals surface area contributed by atoms with E-state index in [0.29, 0.717) is 18.2 Å². The predicted molar refractivity (Wildman–Crippen MR) is 63.5 cm³/mol. The summed E-state index contributed by atoms with van der Waals surface area (Å²) in [5.41, 5.74) is 6.60. The molecule has 1 heterocycles. The molecule has 0 saturated carbocycles. The van der Waals surface area contributed by atoms with Crippen LogP contribution in [0.5, 0.6) is 0 Å². The van der Waals surface area contributed by atoms with Crippen LogP contribution < -0.4 is 5.73 Å². The zero-order valence-electron chi connectivity index (χ0n) is 9.25. The maximum Gasteiger partial charge on any atom is 0.159 e. The third kappa shape index (κ3) is 2.89. The lowest BCUT2D eigenvalue weighted by atomic mass is 10.2. The summed E-state index contributed by atoms with van der Waals surface area (Å²) in [4.78, 5) is 8.58. The Morgan fingerprint density at radius 3 is 2.53 bits per heavy atom. The van der Waals surface area contributed by atoms with Crippen molar-refractivity contribution in [3.63, 3.8) is 0 Å². The molecule has 1 rings (SSSR count). The normalized spacial score (nSPS) is 12.8. The summed E-state index contributed by atoms with van der Waals surface area (Å²) in [5.74, 6) is 1.13. The molecular weight excluding hydrogens is 258 g/mol. The number of ether oxygens (including phenoxy) is 1. The minimum Gasteiger partial charge on any atom is -0.383 e. The van der Waals surface area contributed by atoms with Crippen LogP contribution in [0.1, 0.15) is 37.9 Å². The molecule has 1 aromatic heterocycles. The number of anilines is 1. The minimum absolute atomic E-state index is 0.0656. The number of nitrogen functional groups attached to an aromatic ring is 1. The molecule has 0 radical (unpaired) electrons. The van der Waals surface area contributed by atoms with E-state index >= 15 is 0 Å². The Hall–Kier alpha value is -0.680. The van der Waals surface area contributed by atoms with Crippen molar-refractivity contribution in [2.75, 3.05) is 12.3 Å². The molecule has 1 unspecified atom stereocenters. The van der Waals surface area contributed by atoms with E-state index in [1.807, 2.05) is 20.8 Å². The van der Waals surface area contributed by atoms with Gasteiger partial charge in [-0.15, -0.1) is 0 Å². The first kappa shape index (κ1) is 12.4. The third-order valence-electron chi connectivity index (χ3n) is 2.09. The Balaban J connectivity index is 3.03. The Bertz CT molecular complexity index is 320. The minimum atomic E-state index is -0.0656. The molecule has 0 saturated heterocycles. The van der Waals surface area contributed by atoms with Gasteiger partial charge in [-0.2, -0.15) is 0 Å². The number of aromatic nitrogens is 2. The molecule has 2 N–H and O–H groups in total. The first-order valence-electron chi connectivity index (χ1n) is 5.01. The van der Waals surface area contributed by atoms with Crippen molar-refractivity contribution >= 4 is 21.7 Å². The quantitative estimate of drug-likeness (QED) is 0.916. The standard InChI is InChI=1S/C10H16BrN3O/c1-4-7(15-5-2)10-13-6(3)8(11)9(12)14-10/h7H,4-5H2,1-3H3,(H2,12,13,14). The van der Waals surface area contributed by atoms with Gasteiger partial charge in [0.25, 0.3) is 0 Å². The van der Waals surface area contributed by atoms with Crippen LogP contribution >= 0.6 is 15.9 Å². The van der Waals surface area contributed by atoms with Gasteiger partial charge in [-0.3, -0.25) is 0 Å². The molecule has 1 atom stereocenters. The van der Waals surface area contributed by atoms with Crippen LogP contribution in [0.25, 0.3) is 0 Å². The topological polar surface area (TPSA) is 61.0 Å². The second-order valence-electron chi connectivity index (χ2n) is 3.22. The molecule has 0 amide bonds. The SMILES string of the molecule is CCOC(CC)c1nc(C)c(Br)c(N)n1. The van der Waals surface area contributed by atoms with Crippen molar-refractivity contribution in [2.45, 2.75) is 33.3 Å². The molecule has 0 bridgehead atoms. The maximum atomic E-state index is 5.76. The first-order valence-corrected chi connectivity index (χ1v) is 5.80. The molecular formula is C10H16BrN3O. The van der Waals surface area contributed by atoms with Crippen LogP contribution in [0.15, 0.2) is 4.47 Å². The molecule has 84 valence electrons. The summed E-state index contributed by atoms with van der Waals surface area (Å²) in [6.07, 6.45) is 0.776. The van der Waals surface area contributed by atoms with Crippen LogP contribution in [-0.2, 0) is 4.74 Å². The number of hydrogen-bond acceptors (Lipinski definition) is 4. The van der Waals surface area contributed by atoms with Crippen molar-refractivity contribution < 1.29 is 4.74 Å². The van der Waals surface area contributed by atoms with Crippen LogP contribution in [-0.4, -0.2) is 16.6 Å². The summed E-state index contributed by atoms with van der Waals surface area (Å²) < 4.78 is 6.29. The summed E-state index contributed by atoms with van der Waals surface area (Å²) in [7, 11) is 0. The van der Waals surface area contributed by atoms with Crippen molar-refractivity contribution in [1.29, 1.82) is 0 Å². The monoisotopic (exact) mass is 273 g/mol. The van der Waals surface area contributed by atoms with Crippen LogP contribution in [0.2, 0.25) is 0 Å². The van der Waals surface area contributed by atoms with E-state index in [1.165, 1.54) is 0 Å². The number of rotatable bonds is 4. The van der Waals surface area contributed by atoms with Gasteiger partial charge < -0.3 is 10.5 Å². The molecule has 4 nitrogen and oxygen atoms in total. The average Bonchev–Trinajstić information content (AvgIpc) is 2.22. The predicted octanol–water partition coefficient (Wildman–Crippen LogP) is 2.62. The molecule has 0 aliphatic rings. The molecule has 15 heavy (non-hydrogen) atoms. The van der Waals surface area contributed by atoms with Crippen molar-refractivity contribution in [3.8, 4) is 0 Å². The van der Waals surface area contributed by atoms with Crippen molar-refractivity contribution in [2.24, 2.45) is 0 Å². The summed E-state index contributed by atoms with van der Waals surface area (Å²) >= 11 is 3.33. The lowest BCUT2D eigenvalue weighted by molar-refractivity contribution is 0.0534. The Kier molecular flexibility index (Phi) is 4.47. The highest BCUT2D eigenvalue weighted by Crippen LogP contribution is 2.24. The Labute approximate surface area is 98.4 Å². The lowest BCUT2D eigenvalue weighted by Crippen LogP contribution is -2.11. The molecule has 0 aliphatic heterocycles. The van der Waals surface area contributed by atoms with Gasteiger partial charge in [-0.1, -0.05) is 6.92 Å². The molecule has 0 spiro atoms. The fourth-order valence-corrected chi connectivity index (χ4v) is 1.50. The van der Waals surface area contributed by atoms with Gasteiger partial charge in [-0.05, 0) is 36.2 Å². The summed E-state index contributed by atoms with van der Waals surface area (Å²) in [6, 6.07) is 0. The van der Waals surface area contributed by atoms with Crippen molar-refractivity contribution in [3.05, 3.63) is 16.0 Å². The fourth-order valence-electron chi connectivity index (χ4n) is 1.32. The van der Waals surface area contributed by atoms with Crippen LogP contribution in [0.4, 0.5) is 5.82 Å². The summed E-state index contributed by atoms with van der Waals surface area (Å²) in [6.45, 7) is 6.54. The second-order valence-corrected chi connectivity index (χ2v) is 4.01. The first-order chi connectivity index (χ1) is 7.10. The van der Waals surface area contributed by atoms with E-state index < -0.39 is 0 Å². The zero-order chi connectivity index (χ0) is 11.4. The number of nitrogens with two attached hydrogens (primary N) is 1. The van der Waals surface area contributed by atoms with Crippen LogP contribution in [0, 0.1) is 6.92 Å². The van der Waals surface area contributed by atoms with Gasteiger partial charge in [0.1, 0.15) is 11.9 Å². The Morgan fingerprint density at radius 1 is 1.40 bits per heavy atom. The van der Waals surface area contributed by atoms with E-state index in [1.54, 1.807) is 0 Å². The van der Waals surface area contributed by atoms with E-state index in [-0.39, 0.29) is 6.10 Å². The van der Waals surface area contributed by atoms with Gasteiger partial charge >= 0.3 is 0 Å². The molecule has 0 fully saturated rings. The van der Waals surface area contributed by atoms with Gasteiger partial charge in [0.05, 0.1) is 10.2 Å². The number of aryl methyl sites for hydroxylation is 1. The van der Waals surface area contributed by atoms with Crippen molar-refractivity contribution in [1.82, 2.24) is 9.97 Å². The zero-order valence-corrected chi connectivity index (χ0v) is 10.8. The smallest absolute Gasteiger partial charge is 0.159 e. The lowest BCUT2D eigenvalue weighted by Gasteiger charge is -2.15. The van der Waals surface area contributed by atoms with E-state index in [4.69, 9.17) is 10.5 Å². The van der Waals surface area contributed by atoms with Crippen LogP contribution in [0.3, 0.4) is 0 Å². The van der Waals surface area contributed by atoms with Gasteiger partial charge in [0.2, 0.25) is 0 Å². The fraction of sp³-hybridized carbons (Fsp3) is 0.600. The Morgan fingerprint density at radius 2 is 2.07 bits per heavy atom. The molecule has 0 aromatic carbocycles. The van der Waals surface area contributed by atoms with Gasteiger partial charge in [0, 0.05) is 6.61 Å². The average molecular weight is 274 g/mol.